The molecule has 2 aliphatic rings. The fourth-order valence-corrected chi connectivity index (χ4v) is 5.09. The van der Waals surface area contributed by atoms with Crippen LogP contribution in [0.4, 0.5) is 13.2 Å². The quantitative estimate of drug-likeness (QED) is 0.282. The number of rotatable bonds is 2. The third-order valence-electron chi connectivity index (χ3n) is 5.28. The maximum atomic E-state index is 13.4. The second-order valence-electron chi connectivity index (χ2n) is 7.21. The molecule has 5 rings (SSSR count). The molecule has 2 aliphatic heterocycles. The van der Waals surface area contributed by atoms with Crippen LogP contribution in [0, 0.1) is 0 Å². The summed E-state index contributed by atoms with van der Waals surface area (Å²) in [4.78, 5) is 39.5. The van der Waals surface area contributed by atoms with Crippen molar-refractivity contribution in [2.24, 2.45) is 0 Å². The lowest BCUT2D eigenvalue weighted by Gasteiger charge is -2.32. The SMILES string of the molecule is O=C1C(=Cc2ccccc2C(F)(F)F)SC(=S)N1N1C(=O)c2cccc3cccc(c23)C1=O. The van der Waals surface area contributed by atoms with Gasteiger partial charge in [0, 0.05) is 5.39 Å². The minimum absolute atomic E-state index is 0.130. The van der Waals surface area contributed by atoms with Gasteiger partial charge in [-0.1, -0.05) is 54.2 Å². The van der Waals surface area contributed by atoms with Gasteiger partial charge in [-0.25, -0.2) is 0 Å². The van der Waals surface area contributed by atoms with E-state index in [1.165, 1.54) is 18.2 Å². The van der Waals surface area contributed by atoms with Crippen molar-refractivity contribution in [3.05, 3.63) is 87.8 Å². The first-order valence-corrected chi connectivity index (χ1v) is 10.8. The predicted octanol–water partition coefficient (Wildman–Crippen LogP) is 5.27. The van der Waals surface area contributed by atoms with Crippen LogP contribution in [0.15, 0.2) is 65.6 Å². The number of thioether (sulfide) groups is 1. The summed E-state index contributed by atoms with van der Waals surface area (Å²) in [5.74, 6) is -2.33. The van der Waals surface area contributed by atoms with Crippen LogP contribution in [0.25, 0.3) is 16.8 Å². The van der Waals surface area contributed by atoms with E-state index < -0.39 is 29.5 Å². The van der Waals surface area contributed by atoms with Crippen LogP contribution < -0.4 is 0 Å². The molecule has 0 spiro atoms. The molecule has 0 bridgehead atoms. The molecule has 0 unspecified atom stereocenters. The third kappa shape index (κ3) is 3.33. The predicted molar refractivity (Wildman–Crippen MR) is 121 cm³/mol. The van der Waals surface area contributed by atoms with E-state index >= 15 is 0 Å². The molecule has 0 N–H and O–H groups in total. The molecule has 1 saturated heterocycles. The van der Waals surface area contributed by atoms with E-state index in [9.17, 15) is 27.6 Å². The molecule has 3 aromatic rings. The first-order chi connectivity index (χ1) is 15.7. The largest absolute Gasteiger partial charge is 0.416 e. The van der Waals surface area contributed by atoms with Crippen LogP contribution in [-0.4, -0.2) is 32.1 Å². The van der Waals surface area contributed by atoms with Gasteiger partial charge in [-0.15, -0.1) is 0 Å². The summed E-state index contributed by atoms with van der Waals surface area (Å²) in [6.07, 6.45) is -3.56. The molecule has 0 saturated carbocycles. The van der Waals surface area contributed by atoms with Gasteiger partial charge in [-0.2, -0.15) is 23.2 Å². The van der Waals surface area contributed by atoms with Crippen molar-refractivity contribution in [2.75, 3.05) is 0 Å². The Kier molecular flexibility index (Phi) is 4.87. The first kappa shape index (κ1) is 21.4. The molecular formula is C23H11F3N2O3S2. The van der Waals surface area contributed by atoms with Crippen LogP contribution in [0.5, 0.6) is 0 Å². The fourth-order valence-electron chi connectivity index (χ4n) is 3.85. The van der Waals surface area contributed by atoms with E-state index in [0.717, 1.165) is 28.9 Å². The molecule has 5 nitrogen and oxygen atoms in total. The Bertz CT molecular complexity index is 1380. The van der Waals surface area contributed by atoms with Crippen molar-refractivity contribution < 1.29 is 27.6 Å². The van der Waals surface area contributed by atoms with Gasteiger partial charge in [-0.05, 0) is 47.4 Å². The number of halogens is 3. The number of nitrogens with zero attached hydrogens (tertiary/aromatic N) is 2. The second-order valence-corrected chi connectivity index (χ2v) is 8.89. The average Bonchev–Trinajstić information content (AvgIpc) is 3.05. The molecule has 33 heavy (non-hydrogen) atoms. The molecule has 3 amide bonds. The molecule has 0 aliphatic carbocycles. The highest BCUT2D eigenvalue weighted by atomic mass is 32.2. The van der Waals surface area contributed by atoms with Gasteiger partial charge in [-0.3, -0.25) is 14.4 Å². The molecule has 0 atom stereocenters. The van der Waals surface area contributed by atoms with Crippen LogP contribution >= 0.6 is 24.0 Å². The summed E-state index contributed by atoms with van der Waals surface area (Å²) in [5.41, 5.74) is -0.691. The van der Waals surface area contributed by atoms with Crippen molar-refractivity contribution in [3.63, 3.8) is 0 Å². The Balaban J connectivity index is 1.57. The Hall–Kier alpha value is -3.50. The van der Waals surface area contributed by atoms with Crippen molar-refractivity contribution >= 4 is 62.9 Å². The van der Waals surface area contributed by atoms with Crippen LogP contribution in [0.3, 0.4) is 0 Å². The molecule has 1 fully saturated rings. The maximum absolute atomic E-state index is 13.4. The van der Waals surface area contributed by atoms with Crippen LogP contribution in [0.1, 0.15) is 31.8 Å². The number of hydrogen-bond donors (Lipinski definition) is 0. The summed E-state index contributed by atoms with van der Waals surface area (Å²) in [6.45, 7) is 0. The molecule has 0 radical (unpaired) electrons. The summed E-state index contributed by atoms with van der Waals surface area (Å²) in [5, 5.41) is 2.58. The van der Waals surface area contributed by atoms with Crippen molar-refractivity contribution in [3.8, 4) is 0 Å². The highest BCUT2D eigenvalue weighted by Crippen LogP contribution is 2.39. The molecule has 0 aromatic heterocycles. The number of thiocarbonyl (C=S) groups is 1. The van der Waals surface area contributed by atoms with Gasteiger partial charge in [0.05, 0.1) is 21.6 Å². The van der Waals surface area contributed by atoms with Crippen molar-refractivity contribution in [1.29, 1.82) is 0 Å². The molecule has 164 valence electrons. The van der Waals surface area contributed by atoms with Gasteiger partial charge in [0.1, 0.15) is 0 Å². The van der Waals surface area contributed by atoms with E-state index in [0.29, 0.717) is 15.8 Å². The lowest BCUT2D eigenvalue weighted by Crippen LogP contribution is -2.53. The van der Waals surface area contributed by atoms with Gasteiger partial charge in [0.15, 0.2) is 4.32 Å². The second kappa shape index (κ2) is 7.53. The van der Waals surface area contributed by atoms with Crippen molar-refractivity contribution in [1.82, 2.24) is 10.0 Å². The first-order valence-electron chi connectivity index (χ1n) is 9.53. The maximum Gasteiger partial charge on any atom is 0.416 e. The normalized spacial score (nSPS) is 17.6. The van der Waals surface area contributed by atoms with E-state index in [1.807, 2.05) is 0 Å². The number of carbonyl (C=O) groups is 3. The number of carbonyl (C=O) groups excluding carboxylic acids is 3. The lowest BCUT2D eigenvalue weighted by molar-refractivity contribution is -0.137. The zero-order chi connectivity index (χ0) is 23.5. The number of imide groups is 1. The van der Waals surface area contributed by atoms with Crippen LogP contribution in [-0.2, 0) is 11.0 Å². The number of benzene rings is 3. The van der Waals surface area contributed by atoms with Gasteiger partial charge in [0.2, 0.25) is 0 Å². The van der Waals surface area contributed by atoms with E-state index in [4.69, 9.17) is 12.2 Å². The molecule has 10 heteroatoms. The number of hydrogen-bond acceptors (Lipinski definition) is 5. The molecule has 2 heterocycles. The Morgan fingerprint density at radius 3 is 2.00 bits per heavy atom. The Labute approximate surface area is 194 Å². The highest BCUT2D eigenvalue weighted by Gasteiger charge is 2.45. The Morgan fingerprint density at radius 1 is 0.788 bits per heavy atom. The minimum atomic E-state index is -4.62. The summed E-state index contributed by atoms with van der Waals surface area (Å²) in [6, 6.07) is 14.7. The monoisotopic (exact) mass is 484 g/mol. The minimum Gasteiger partial charge on any atom is -0.267 e. The standard InChI is InChI=1S/C23H11F3N2O3S2/c24-23(25,26)16-10-2-1-5-13(16)11-17-21(31)28(22(32)33-17)27-19(29)14-8-3-6-12-7-4-9-15(18(12)14)20(27)30/h1-11H. The van der Waals surface area contributed by atoms with Crippen molar-refractivity contribution in [2.45, 2.75) is 6.18 Å². The van der Waals surface area contributed by atoms with Gasteiger partial charge in [0.25, 0.3) is 17.7 Å². The number of amides is 3. The number of alkyl halides is 3. The fraction of sp³-hybridized carbons (Fsp3) is 0.0435. The van der Waals surface area contributed by atoms with Gasteiger partial charge >= 0.3 is 6.18 Å². The lowest BCUT2D eigenvalue weighted by atomic mass is 9.95. The molecule has 3 aromatic carbocycles. The Morgan fingerprint density at radius 2 is 1.39 bits per heavy atom. The average molecular weight is 484 g/mol. The van der Waals surface area contributed by atoms with E-state index in [1.54, 1.807) is 36.4 Å². The van der Waals surface area contributed by atoms with Gasteiger partial charge < -0.3 is 0 Å². The molecular weight excluding hydrogens is 473 g/mol. The number of hydrazine groups is 1. The summed E-state index contributed by atoms with van der Waals surface area (Å²) < 4.78 is 39.9. The topological polar surface area (TPSA) is 57.7 Å². The smallest absolute Gasteiger partial charge is 0.267 e. The highest BCUT2D eigenvalue weighted by molar-refractivity contribution is 8.26. The third-order valence-corrected chi connectivity index (χ3v) is 6.56. The van der Waals surface area contributed by atoms with E-state index in [2.05, 4.69) is 0 Å². The zero-order valence-electron chi connectivity index (χ0n) is 16.4. The summed E-state index contributed by atoms with van der Waals surface area (Å²) in [7, 11) is 0. The summed E-state index contributed by atoms with van der Waals surface area (Å²) >= 11 is 5.97. The van der Waals surface area contributed by atoms with E-state index in [-0.39, 0.29) is 25.9 Å². The zero-order valence-corrected chi connectivity index (χ0v) is 18.1. The van der Waals surface area contributed by atoms with Crippen LogP contribution in [0.2, 0.25) is 0 Å².